The number of nitrogens with one attached hydrogen (secondary N) is 1. The van der Waals surface area contributed by atoms with Crippen LogP contribution in [-0.4, -0.2) is 25.7 Å². The van der Waals surface area contributed by atoms with Gasteiger partial charge in [0.2, 0.25) is 0 Å². The number of ether oxygens (including phenoxy) is 1. The minimum atomic E-state index is -0.216. The second kappa shape index (κ2) is 6.14. The number of rotatable bonds is 3. The van der Waals surface area contributed by atoms with Crippen LogP contribution < -0.4 is 5.32 Å². The average molecular weight is 274 g/mol. The highest BCUT2D eigenvalue weighted by Gasteiger charge is 2.30. The van der Waals surface area contributed by atoms with Crippen LogP contribution in [0.25, 0.3) is 0 Å². The van der Waals surface area contributed by atoms with Gasteiger partial charge in [-0.05, 0) is 29.5 Å². The van der Waals surface area contributed by atoms with Crippen molar-refractivity contribution in [1.29, 1.82) is 0 Å². The molecule has 3 nitrogen and oxygen atoms in total. The summed E-state index contributed by atoms with van der Waals surface area (Å²) in [6.07, 6.45) is 3.11. The Balaban J connectivity index is 2.44. The number of amides is 1. The van der Waals surface area contributed by atoms with Crippen LogP contribution in [0, 0.1) is 16.2 Å². The van der Waals surface area contributed by atoms with Gasteiger partial charge in [0.15, 0.2) is 0 Å². The van der Waals surface area contributed by atoms with Crippen LogP contribution >= 0.6 is 15.9 Å². The van der Waals surface area contributed by atoms with Crippen molar-refractivity contribution in [3.05, 3.63) is 0 Å². The highest BCUT2D eigenvalue weighted by atomic mass is 79.9. The molecule has 84 valence electrons. The number of hydrogen-bond acceptors (Lipinski definition) is 2. The minimum absolute atomic E-state index is 0.210. The fourth-order valence-electron chi connectivity index (χ4n) is 1.81. The van der Waals surface area contributed by atoms with Crippen molar-refractivity contribution >= 4 is 21.8 Å². The fourth-order valence-corrected chi connectivity index (χ4v) is 1.99. The van der Waals surface area contributed by atoms with Gasteiger partial charge in [0.05, 0.1) is 0 Å². The van der Waals surface area contributed by atoms with Gasteiger partial charge in [-0.2, -0.15) is 0 Å². The van der Waals surface area contributed by atoms with Crippen molar-refractivity contribution in [3.8, 4) is 10.8 Å². The molecule has 1 amide bonds. The Kier molecular flexibility index (Phi) is 5.13. The predicted molar refractivity (Wildman–Crippen MR) is 62.5 cm³/mol. The number of hydrogen-bond donors (Lipinski definition) is 1. The van der Waals surface area contributed by atoms with Crippen LogP contribution in [0.5, 0.6) is 0 Å². The summed E-state index contributed by atoms with van der Waals surface area (Å²) in [5.41, 5.74) is 0.210. The lowest BCUT2D eigenvalue weighted by molar-refractivity contribution is -0.116. The van der Waals surface area contributed by atoms with Gasteiger partial charge in [-0.3, -0.25) is 4.79 Å². The second-order valence-corrected chi connectivity index (χ2v) is 4.26. The number of halogens is 1. The third-order valence-electron chi connectivity index (χ3n) is 3.09. The van der Waals surface area contributed by atoms with E-state index in [9.17, 15) is 4.79 Å². The van der Waals surface area contributed by atoms with Gasteiger partial charge in [0.25, 0.3) is 5.91 Å². The van der Waals surface area contributed by atoms with E-state index in [-0.39, 0.29) is 11.3 Å². The van der Waals surface area contributed by atoms with E-state index in [1.807, 2.05) is 0 Å². The van der Waals surface area contributed by atoms with Crippen molar-refractivity contribution < 1.29 is 9.53 Å². The molecule has 0 bridgehead atoms. The van der Waals surface area contributed by atoms with E-state index in [0.29, 0.717) is 6.54 Å². The molecule has 0 spiro atoms. The zero-order valence-corrected chi connectivity index (χ0v) is 10.5. The SMILES string of the molecule is CCC1(CNC(=O)C#CBr)CCOCC1. The Hall–Kier alpha value is -0.530. The van der Waals surface area contributed by atoms with Crippen molar-refractivity contribution in [2.24, 2.45) is 5.41 Å². The molecule has 1 heterocycles. The maximum Gasteiger partial charge on any atom is 0.296 e. The van der Waals surface area contributed by atoms with Crippen LogP contribution in [0.2, 0.25) is 0 Å². The van der Waals surface area contributed by atoms with Crippen molar-refractivity contribution in [3.63, 3.8) is 0 Å². The highest BCUT2D eigenvalue weighted by Crippen LogP contribution is 2.32. The van der Waals surface area contributed by atoms with E-state index in [1.165, 1.54) is 0 Å². The second-order valence-electron chi connectivity index (χ2n) is 3.87. The third kappa shape index (κ3) is 3.84. The first-order valence-corrected chi connectivity index (χ1v) is 5.99. The Labute approximate surface area is 99.1 Å². The van der Waals surface area contributed by atoms with Crippen LogP contribution in [0.3, 0.4) is 0 Å². The summed E-state index contributed by atoms with van der Waals surface area (Å²) in [5.74, 6) is 2.20. The maximum absolute atomic E-state index is 11.2. The first-order chi connectivity index (χ1) is 7.22. The fraction of sp³-hybridized carbons (Fsp3) is 0.727. The molecule has 0 radical (unpaired) electrons. The molecule has 1 fully saturated rings. The lowest BCUT2D eigenvalue weighted by atomic mass is 9.78. The van der Waals surface area contributed by atoms with Crippen LogP contribution in [-0.2, 0) is 9.53 Å². The molecular formula is C11H16BrNO2. The molecule has 4 heteroatoms. The van der Waals surface area contributed by atoms with E-state index in [2.05, 4.69) is 38.9 Å². The van der Waals surface area contributed by atoms with E-state index in [1.54, 1.807) is 0 Å². The molecule has 0 unspecified atom stereocenters. The van der Waals surface area contributed by atoms with Gasteiger partial charge in [-0.15, -0.1) is 0 Å². The molecule has 0 aromatic carbocycles. The summed E-state index contributed by atoms with van der Waals surface area (Å²) in [4.78, 5) is 13.6. The summed E-state index contributed by atoms with van der Waals surface area (Å²) in [7, 11) is 0. The van der Waals surface area contributed by atoms with Crippen LogP contribution in [0.1, 0.15) is 26.2 Å². The zero-order chi connectivity index (χ0) is 11.1. The molecule has 0 aromatic heterocycles. The van der Waals surface area contributed by atoms with Gasteiger partial charge in [0.1, 0.15) is 0 Å². The Morgan fingerprint density at radius 2 is 2.20 bits per heavy atom. The molecule has 1 saturated heterocycles. The molecule has 0 saturated carbocycles. The standard InChI is InChI=1S/C11H16BrNO2/c1-2-11(4-7-15-8-5-11)9-13-10(14)3-6-12/h2,4-5,7-9H2,1H3,(H,13,14). The van der Waals surface area contributed by atoms with Crippen molar-refractivity contribution in [1.82, 2.24) is 5.32 Å². The predicted octanol–water partition coefficient (Wildman–Crippen LogP) is 1.67. The minimum Gasteiger partial charge on any atom is -0.381 e. The molecule has 0 atom stereocenters. The van der Waals surface area contributed by atoms with E-state index >= 15 is 0 Å². The first-order valence-electron chi connectivity index (χ1n) is 5.20. The number of carbonyl (C=O) groups excluding carboxylic acids is 1. The van der Waals surface area contributed by atoms with Crippen LogP contribution in [0.4, 0.5) is 0 Å². The molecule has 15 heavy (non-hydrogen) atoms. The average Bonchev–Trinajstić information content (AvgIpc) is 2.28. The lowest BCUT2D eigenvalue weighted by Crippen LogP contribution is -2.40. The topological polar surface area (TPSA) is 38.3 Å². The molecule has 1 N–H and O–H groups in total. The molecule has 0 aromatic rings. The van der Waals surface area contributed by atoms with E-state index < -0.39 is 0 Å². The van der Waals surface area contributed by atoms with Gasteiger partial charge in [-0.1, -0.05) is 6.92 Å². The largest absolute Gasteiger partial charge is 0.381 e. The lowest BCUT2D eigenvalue weighted by Gasteiger charge is -2.36. The van der Waals surface area contributed by atoms with Gasteiger partial charge in [-0.25, -0.2) is 0 Å². The number of carbonyl (C=O) groups is 1. The van der Waals surface area contributed by atoms with Crippen LogP contribution in [0.15, 0.2) is 0 Å². The van der Waals surface area contributed by atoms with Gasteiger partial charge < -0.3 is 10.1 Å². The molecule has 0 aliphatic carbocycles. The van der Waals surface area contributed by atoms with Gasteiger partial charge >= 0.3 is 0 Å². The molecule has 1 aliphatic heterocycles. The zero-order valence-electron chi connectivity index (χ0n) is 8.94. The summed E-state index contributed by atoms with van der Waals surface area (Å²) in [5, 5.41) is 2.85. The summed E-state index contributed by atoms with van der Waals surface area (Å²) >= 11 is 2.90. The monoisotopic (exact) mass is 273 g/mol. The molecular weight excluding hydrogens is 258 g/mol. The summed E-state index contributed by atoms with van der Waals surface area (Å²) in [6.45, 7) is 4.46. The summed E-state index contributed by atoms with van der Waals surface area (Å²) < 4.78 is 5.33. The molecule has 1 aliphatic rings. The quantitative estimate of drug-likeness (QED) is 0.795. The van der Waals surface area contributed by atoms with E-state index in [4.69, 9.17) is 4.74 Å². The smallest absolute Gasteiger partial charge is 0.296 e. The van der Waals surface area contributed by atoms with Gasteiger partial charge in [0, 0.05) is 41.6 Å². The normalized spacial score (nSPS) is 18.8. The first kappa shape index (κ1) is 12.5. The van der Waals surface area contributed by atoms with Crippen molar-refractivity contribution in [2.75, 3.05) is 19.8 Å². The van der Waals surface area contributed by atoms with E-state index in [0.717, 1.165) is 32.5 Å². The highest BCUT2D eigenvalue weighted by molar-refractivity contribution is 9.12. The Morgan fingerprint density at radius 1 is 1.53 bits per heavy atom. The summed E-state index contributed by atoms with van der Waals surface area (Å²) in [6, 6.07) is 0. The maximum atomic E-state index is 11.2. The Morgan fingerprint density at radius 3 is 2.73 bits per heavy atom. The Bertz CT molecular complexity index is 274. The van der Waals surface area contributed by atoms with Crippen molar-refractivity contribution in [2.45, 2.75) is 26.2 Å². The molecule has 1 rings (SSSR count). The third-order valence-corrected chi connectivity index (χ3v) is 3.29.